The lowest BCUT2D eigenvalue weighted by Crippen LogP contribution is -2.01. The summed E-state index contributed by atoms with van der Waals surface area (Å²) < 4.78 is 1.85. The topological polar surface area (TPSA) is 64.1 Å². The molecule has 0 saturated carbocycles. The first-order valence-corrected chi connectivity index (χ1v) is 5.70. The Hall–Kier alpha value is -2.49. The maximum atomic E-state index is 9.57. The molecular formula is C14H13N3O. The second-order valence-corrected chi connectivity index (χ2v) is 4.27. The molecule has 2 aromatic carbocycles. The minimum absolute atomic E-state index is 0.210. The molecule has 1 heterocycles. The Morgan fingerprint density at radius 1 is 1.17 bits per heavy atom. The lowest BCUT2D eigenvalue weighted by Gasteiger charge is -2.08. The minimum Gasteiger partial charge on any atom is -0.508 e. The van der Waals surface area contributed by atoms with E-state index in [1.165, 1.54) is 0 Å². The molecule has 0 saturated heterocycles. The van der Waals surface area contributed by atoms with Gasteiger partial charge in [0.15, 0.2) is 0 Å². The van der Waals surface area contributed by atoms with Gasteiger partial charge in [-0.1, -0.05) is 18.2 Å². The summed E-state index contributed by atoms with van der Waals surface area (Å²) in [6.07, 6.45) is 0. The lowest BCUT2D eigenvalue weighted by molar-refractivity contribution is 0.475. The van der Waals surface area contributed by atoms with Crippen LogP contribution in [0.25, 0.3) is 16.7 Å². The van der Waals surface area contributed by atoms with Gasteiger partial charge >= 0.3 is 0 Å². The van der Waals surface area contributed by atoms with Gasteiger partial charge in [-0.3, -0.25) is 4.57 Å². The van der Waals surface area contributed by atoms with Crippen molar-refractivity contribution in [2.24, 2.45) is 0 Å². The molecule has 0 atom stereocenters. The van der Waals surface area contributed by atoms with Gasteiger partial charge in [-0.25, -0.2) is 4.98 Å². The summed E-state index contributed by atoms with van der Waals surface area (Å²) in [5.74, 6) is 0.632. The van der Waals surface area contributed by atoms with Crippen molar-refractivity contribution in [2.45, 2.75) is 6.92 Å². The molecule has 3 aromatic rings. The Labute approximate surface area is 104 Å². The third kappa shape index (κ3) is 1.50. The number of hydrogen-bond donors (Lipinski definition) is 2. The molecule has 4 nitrogen and oxygen atoms in total. The number of benzene rings is 2. The van der Waals surface area contributed by atoms with Crippen LogP contribution in [0.3, 0.4) is 0 Å². The molecule has 0 aliphatic carbocycles. The molecule has 0 unspecified atom stereocenters. The molecule has 3 N–H and O–H groups in total. The van der Waals surface area contributed by atoms with Crippen LogP contribution in [-0.4, -0.2) is 14.7 Å². The van der Waals surface area contributed by atoms with Gasteiger partial charge in [0, 0.05) is 6.07 Å². The standard InChI is InChI=1S/C14H13N3O/c1-9-4-2-7-12-13(9)17(14(15)16-12)10-5-3-6-11(18)8-10/h2-8,18H,1H3,(H2,15,16). The summed E-state index contributed by atoms with van der Waals surface area (Å²) in [4.78, 5) is 4.34. The fraction of sp³-hybridized carbons (Fsp3) is 0.0714. The second kappa shape index (κ2) is 3.77. The van der Waals surface area contributed by atoms with Gasteiger partial charge in [0.2, 0.25) is 5.95 Å². The average molecular weight is 239 g/mol. The normalized spacial score (nSPS) is 10.9. The van der Waals surface area contributed by atoms with E-state index < -0.39 is 0 Å². The highest BCUT2D eigenvalue weighted by atomic mass is 16.3. The molecule has 18 heavy (non-hydrogen) atoms. The fourth-order valence-electron chi connectivity index (χ4n) is 2.21. The highest BCUT2D eigenvalue weighted by molar-refractivity contribution is 5.83. The van der Waals surface area contributed by atoms with Crippen molar-refractivity contribution >= 4 is 17.0 Å². The van der Waals surface area contributed by atoms with E-state index in [-0.39, 0.29) is 5.75 Å². The van der Waals surface area contributed by atoms with E-state index in [2.05, 4.69) is 4.98 Å². The van der Waals surface area contributed by atoms with Crippen LogP contribution in [0.2, 0.25) is 0 Å². The molecular weight excluding hydrogens is 226 g/mol. The third-order valence-corrected chi connectivity index (χ3v) is 2.99. The van der Waals surface area contributed by atoms with Crippen LogP contribution in [0.5, 0.6) is 5.75 Å². The first-order chi connectivity index (χ1) is 8.66. The van der Waals surface area contributed by atoms with E-state index in [4.69, 9.17) is 5.73 Å². The number of aryl methyl sites for hydroxylation is 1. The predicted octanol–water partition coefficient (Wildman–Crippen LogP) is 2.62. The van der Waals surface area contributed by atoms with Crippen molar-refractivity contribution in [1.82, 2.24) is 9.55 Å². The van der Waals surface area contributed by atoms with Crippen LogP contribution in [0.4, 0.5) is 5.95 Å². The zero-order chi connectivity index (χ0) is 12.7. The van der Waals surface area contributed by atoms with Crippen molar-refractivity contribution in [3.05, 3.63) is 48.0 Å². The molecule has 0 aliphatic heterocycles. The molecule has 0 radical (unpaired) electrons. The van der Waals surface area contributed by atoms with E-state index >= 15 is 0 Å². The molecule has 0 aliphatic rings. The number of rotatable bonds is 1. The highest BCUT2D eigenvalue weighted by Gasteiger charge is 2.11. The van der Waals surface area contributed by atoms with Crippen LogP contribution in [-0.2, 0) is 0 Å². The smallest absolute Gasteiger partial charge is 0.205 e. The van der Waals surface area contributed by atoms with Crippen molar-refractivity contribution in [1.29, 1.82) is 0 Å². The summed E-state index contributed by atoms with van der Waals surface area (Å²) in [5.41, 5.74) is 9.71. The van der Waals surface area contributed by atoms with Gasteiger partial charge in [0.25, 0.3) is 0 Å². The van der Waals surface area contributed by atoms with E-state index in [9.17, 15) is 5.11 Å². The molecule has 0 bridgehead atoms. The Balaban J connectivity index is 2.38. The van der Waals surface area contributed by atoms with Crippen LogP contribution in [0.1, 0.15) is 5.56 Å². The Kier molecular flexibility index (Phi) is 2.23. The Bertz CT molecular complexity index is 731. The summed E-state index contributed by atoms with van der Waals surface area (Å²) in [6.45, 7) is 2.02. The number of anilines is 1. The van der Waals surface area contributed by atoms with Gasteiger partial charge in [-0.15, -0.1) is 0 Å². The largest absolute Gasteiger partial charge is 0.508 e. The predicted molar refractivity (Wildman–Crippen MR) is 71.9 cm³/mol. The zero-order valence-electron chi connectivity index (χ0n) is 9.96. The molecule has 0 spiro atoms. The first kappa shape index (κ1) is 10.7. The number of aromatic hydroxyl groups is 1. The van der Waals surface area contributed by atoms with Crippen LogP contribution in [0, 0.1) is 6.92 Å². The summed E-state index contributed by atoms with van der Waals surface area (Å²) >= 11 is 0. The van der Waals surface area contributed by atoms with Crippen LogP contribution in [0.15, 0.2) is 42.5 Å². The Morgan fingerprint density at radius 3 is 2.72 bits per heavy atom. The van der Waals surface area contributed by atoms with Gasteiger partial charge in [0.1, 0.15) is 5.75 Å². The summed E-state index contributed by atoms with van der Waals surface area (Å²) in [6, 6.07) is 12.9. The molecule has 90 valence electrons. The van der Waals surface area contributed by atoms with Gasteiger partial charge in [-0.05, 0) is 30.7 Å². The molecule has 3 rings (SSSR count). The van der Waals surface area contributed by atoms with Crippen LogP contribution < -0.4 is 5.73 Å². The van der Waals surface area contributed by atoms with Crippen molar-refractivity contribution < 1.29 is 5.11 Å². The molecule has 0 amide bonds. The Morgan fingerprint density at radius 2 is 1.94 bits per heavy atom. The number of imidazole rings is 1. The number of para-hydroxylation sites is 1. The zero-order valence-corrected chi connectivity index (χ0v) is 9.96. The van der Waals surface area contributed by atoms with E-state index in [0.29, 0.717) is 5.95 Å². The highest BCUT2D eigenvalue weighted by Crippen LogP contribution is 2.26. The van der Waals surface area contributed by atoms with Gasteiger partial charge in [-0.2, -0.15) is 0 Å². The maximum absolute atomic E-state index is 9.57. The minimum atomic E-state index is 0.210. The van der Waals surface area contributed by atoms with E-state index in [1.54, 1.807) is 18.2 Å². The molecule has 1 aromatic heterocycles. The number of nitrogens with zero attached hydrogens (tertiary/aromatic N) is 2. The summed E-state index contributed by atoms with van der Waals surface area (Å²) in [5, 5.41) is 9.57. The number of fused-ring (bicyclic) bond motifs is 1. The summed E-state index contributed by atoms with van der Waals surface area (Å²) in [7, 11) is 0. The van der Waals surface area contributed by atoms with E-state index in [1.807, 2.05) is 35.8 Å². The van der Waals surface area contributed by atoms with Crippen molar-refractivity contribution in [2.75, 3.05) is 5.73 Å². The van der Waals surface area contributed by atoms with Crippen LogP contribution >= 0.6 is 0 Å². The molecule has 4 heteroatoms. The third-order valence-electron chi connectivity index (χ3n) is 2.99. The monoisotopic (exact) mass is 239 g/mol. The lowest BCUT2D eigenvalue weighted by atomic mass is 10.2. The van der Waals surface area contributed by atoms with Crippen molar-refractivity contribution in [3.63, 3.8) is 0 Å². The van der Waals surface area contributed by atoms with Crippen molar-refractivity contribution in [3.8, 4) is 11.4 Å². The van der Waals surface area contributed by atoms with Gasteiger partial charge < -0.3 is 10.8 Å². The maximum Gasteiger partial charge on any atom is 0.205 e. The number of nitrogen functional groups attached to an aromatic ring is 1. The number of phenolic OH excluding ortho intramolecular Hbond substituents is 1. The number of nitrogens with two attached hydrogens (primary N) is 1. The average Bonchev–Trinajstić information content (AvgIpc) is 2.67. The quantitative estimate of drug-likeness (QED) is 0.686. The first-order valence-electron chi connectivity index (χ1n) is 5.70. The molecule has 0 fully saturated rings. The van der Waals surface area contributed by atoms with E-state index in [0.717, 1.165) is 22.3 Å². The number of hydrogen-bond acceptors (Lipinski definition) is 3. The van der Waals surface area contributed by atoms with Gasteiger partial charge in [0.05, 0.1) is 16.7 Å². The number of aromatic nitrogens is 2. The SMILES string of the molecule is Cc1cccc2nc(N)n(-c3cccc(O)c3)c12. The second-order valence-electron chi connectivity index (χ2n) is 4.27. The fourth-order valence-corrected chi connectivity index (χ4v) is 2.21. The number of phenols is 1.